The number of halogens is 1. The number of rotatable bonds is 8. The summed E-state index contributed by atoms with van der Waals surface area (Å²) in [5, 5.41) is 5.86. The molecule has 1 aliphatic rings. The number of fused-ring (bicyclic) bond motifs is 1. The monoisotopic (exact) mass is 460 g/mol. The Kier molecular flexibility index (Phi) is 6.93. The van der Waals surface area contributed by atoms with E-state index in [4.69, 9.17) is 0 Å². The summed E-state index contributed by atoms with van der Waals surface area (Å²) in [7, 11) is 0. The zero-order valence-electron chi connectivity index (χ0n) is 19.7. The maximum atomic E-state index is 13.9. The first-order valence-electron chi connectivity index (χ1n) is 11.5. The fourth-order valence-corrected chi connectivity index (χ4v) is 4.29. The van der Waals surface area contributed by atoms with Crippen LogP contribution in [0.3, 0.4) is 0 Å². The number of aromatic nitrogens is 1. The molecule has 34 heavy (non-hydrogen) atoms. The second kappa shape index (κ2) is 10.1. The Morgan fingerprint density at radius 2 is 1.91 bits per heavy atom. The minimum atomic E-state index is -0.338. The van der Waals surface area contributed by atoms with E-state index in [9.17, 15) is 14.0 Å². The maximum absolute atomic E-state index is 13.9. The molecule has 0 fully saturated rings. The average Bonchev–Trinajstić information content (AvgIpc) is 3.36. The van der Waals surface area contributed by atoms with Gasteiger partial charge in [0.2, 0.25) is 0 Å². The molecule has 7 heteroatoms. The van der Waals surface area contributed by atoms with Crippen molar-refractivity contribution in [2.75, 3.05) is 31.5 Å². The molecule has 1 aromatic heterocycles. The van der Waals surface area contributed by atoms with Crippen LogP contribution in [0.2, 0.25) is 0 Å². The molecule has 1 aliphatic heterocycles. The molecule has 0 spiro atoms. The number of carbonyl (C=O) groups is 2. The summed E-state index contributed by atoms with van der Waals surface area (Å²) < 4.78 is 13.9. The lowest BCUT2D eigenvalue weighted by Crippen LogP contribution is -2.34. The van der Waals surface area contributed by atoms with E-state index in [2.05, 4.69) is 34.4 Å². The third-order valence-corrected chi connectivity index (χ3v) is 6.28. The van der Waals surface area contributed by atoms with Gasteiger partial charge in [0.1, 0.15) is 5.82 Å². The second-order valence-corrected chi connectivity index (χ2v) is 8.27. The number of hydrogen-bond donors (Lipinski definition) is 3. The van der Waals surface area contributed by atoms with Crippen molar-refractivity contribution in [2.24, 2.45) is 0 Å². The Morgan fingerprint density at radius 1 is 1.15 bits per heavy atom. The largest absolute Gasteiger partial charge is 0.361 e. The van der Waals surface area contributed by atoms with Crippen molar-refractivity contribution >= 4 is 29.2 Å². The van der Waals surface area contributed by atoms with Crippen molar-refractivity contribution in [3.8, 4) is 11.1 Å². The van der Waals surface area contributed by atoms with Crippen LogP contribution < -0.4 is 10.6 Å². The predicted molar refractivity (Wildman–Crippen MR) is 134 cm³/mol. The minimum Gasteiger partial charge on any atom is -0.361 e. The summed E-state index contributed by atoms with van der Waals surface area (Å²) >= 11 is 0. The number of amides is 2. The molecule has 0 saturated heterocycles. The Balaban J connectivity index is 1.63. The maximum Gasteiger partial charge on any atom is 0.256 e. The van der Waals surface area contributed by atoms with E-state index in [-0.39, 0.29) is 17.6 Å². The fourth-order valence-electron chi connectivity index (χ4n) is 4.29. The summed E-state index contributed by atoms with van der Waals surface area (Å²) in [4.78, 5) is 30.9. The quantitative estimate of drug-likeness (QED) is 0.427. The number of nitrogens with zero attached hydrogens (tertiary/aromatic N) is 1. The number of hydrogen-bond acceptors (Lipinski definition) is 3. The van der Waals surface area contributed by atoms with Gasteiger partial charge in [0.05, 0.1) is 11.1 Å². The fraction of sp³-hybridized carbons (Fsp3) is 0.259. The molecule has 4 rings (SSSR count). The van der Waals surface area contributed by atoms with Crippen LogP contribution in [0.1, 0.15) is 41.0 Å². The molecule has 0 radical (unpaired) electrons. The smallest absolute Gasteiger partial charge is 0.256 e. The van der Waals surface area contributed by atoms with Crippen LogP contribution in [0.25, 0.3) is 22.8 Å². The number of nitrogens with one attached hydrogen (secondary N) is 3. The molecule has 2 aromatic carbocycles. The first-order valence-corrected chi connectivity index (χ1v) is 11.5. The highest BCUT2D eigenvalue weighted by Gasteiger charge is 2.28. The number of carbonyl (C=O) groups excluding carboxylic acids is 2. The number of benzene rings is 2. The Bertz CT molecular complexity index is 1260. The third-order valence-electron chi connectivity index (χ3n) is 6.28. The molecule has 0 unspecified atom stereocenters. The van der Waals surface area contributed by atoms with E-state index < -0.39 is 0 Å². The van der Waals surface area contributed by atoms with Gasteiger partial charge in [-0.1, -0.05) is 38.1 Å². The summed E-state index contributed by atoms with van der Waals surface area (Å²) in [6.45, 7) is 9.28. The van der Waals surface area contributed by atoms with Crippen molar-refractivity contribution in [2.45, 2.75) is 20.8 Å². The lowest BCUT2D eigenvalue weighted by molar-refractivity contribution is -0.110. The highest BCUT2D eigenvalue weighted by Crippen LogP contribution is 2.40. The Labute approximate surface area is 198 Å². The van der Waals surface area contributed by atoms with Crippen molar-refractivity contribution < 1.29 is 14.0 Å². The molecule has 6 nitrogen and oxygen atoms in total. The highest BCUT2D eigenvalue weighted by molar-refractivity contribution is 6.36. The number of aromatic amines is 1. The standard InChI is InChI=1S/C27H29FN4O2/c1-4-32(5-2)13-12-29-26(33)22-16-30-24(17(22)3)15-21-25-20(18-8-6-9-19(28)14-18)10-7-11-23(25)31-27(21)34/h6-11,14-16,30H,4-5,12-13H2,1-3H3,(H,29,33)(H,31,34). The summed E-state index contributed by atoms with van der Waals surface area (Å²) in [5.74, 6) is -0.727. The van der Waals surface area contributed by atoms with Gasteiger partial charge >= 0.3 is 0 Å². The van der Waals surface area contributed by atoms with E-state index in [1.165, 1.54) is 12.1 Å². The molecule has 0 saturated carbocycles. The Hall–Kier alpha value is -3.71. The van der Waals surface area contributed by atoms with E-state index in [0.717, 1.165) is 36.3 Å². The summed E-state index contributed by atoms with van der Waals surface area (Å²) in [6, 6.07) is 11.9. The van der Waals surface area contributed by atoms with E-state index in [1.54, 1.807) is 18.3 Å². The van der Waals surface area contributed by atoms with Gasteiger partial charge in [0, 0.05) is 36.2 Å². The van der Waals surface area contributed by atoms with Gasteiger partial charge in [-0.15, -0.1) is 0 Å². The van der Waals surface area contributed by atoms with Crippen molar-refractivity contribution in [3.05, 3.63) is 76.9 Å². The third kappa shape index (κ3) is 4.65. The second-order valence-electron chi connectivity index (χ2n) is 8.27. The van der Waals surface area contributed by atoms with Gasteiger partial charge in [0.15, 0.2) is 0 Å². The normalized spacial score (nSPS) is 13.9. The number of anilines is 1. The van der Waals surface area contributed by atoms with Crippen LogP contribution in [0.15, 0.2) is 48.7 Å². The molecule has 2 heterocycles. The topological polar surface area (TPSA) is 77.2 Å². The van der Waals surface area contributed by atoms with Crippen molar-refractivity contribution in [1.82, 2.24) is 15.2 Å². The molecule has 176 valence electrons. The van der Waals surface area contributed by atoms with Crippen LogP contribution in [0, 0.1) is 12.7 Å². The van der Waals surface area contributed by atoms with E-state index in [0.29, 0.717) is 34.6 Å². The van der Waals surface area contributed by atoms with Crippen LogP contribution in [-0.2, 0) is 4.79 Å². The molecule has 2 amide bonds. The van der Waals surface area contributed by atoms with Gasteiger partial charge in [-0.25, -0.2) is 4.39 Å². The van der Waals surface area contributed by atoms with Crippen LogP contribution in [-0.4, -0.2) is 47.9 Å². The molecule has 0 bridgehead atoms. The molecule has 3 aromatic rings. The van der Waals surface area contributed by atoms with Gasteiger partial charge in [-0.3, -0.25) is 9.59 Å². The zero-order valence-corrected chi connectivity index (χ0v) is 19.7. The zero-order chi connectivity index (χ0) is 24.2. The first kappa shape index (κ1) is 23.4. The van der Waals surface area contributed by atoms with Gasteiger partial charge in [-0.05, 0) is 61.0 Å². The first-order chi connectivity index (χ1) is 16.4. The summed E-state index contributed by atoms with van der Waals surface area (Å²) in [6.07, 6.45) is 3.42. The van der Waals surface area contributed by atoms with Gasteiger partial charge < -0.3 is 20.5 Å². The minimum absolute atomic E-state index is 0.151. The lowest BCUT2D eigenvalue weighted by Gasteiger charge is -2.17. The molecule has 0 aliphatic carbocycles. The lowest BCUT2D eigenvalue weighted by atomic mass is 9.94. The van der Waals surface area contributed by atoms with E-state index >= 15 is 0 Å². The molecule has 0 atom stereocenters. The van der Waals surface area contributed by atoms with Crippen LogP contribution in [0.5, 0.6) is 0 Å². The van der Waals surface area contributed by atoms with Gasteiger partial charge in [-0.2, -0.15) is 0 Å². The SMILES string of the molecule is CCN(CC)CCNC(=O)c1c[nH]c(C=C2C(=O)Nc3cccc(-c4cccc(F)c4)c32)c1C. The Morgan fingerprint density at radius 3 is 2.65 bits per heavy atom. The van der Waals surface area contributed by atoms with Gasteiger partial charge in [0.25, 0.3) is 11.8 Å². The molecular formula is C27H29FN4O2. The van der Waals surface area contributed by atoms with Crippen molar-refractivity contribution in [1.29, 1.82) is 0 Å². The predicted octanol–water partition coefficient (Wildman–Crippen LogP) is 4.69. The summed E-state index contributed by atoms with van der Waals surface area (Å²) in [5.41, 5.74) is 5.31. The van der Waals surface area contributed by atoms with Crippen LogP contribution >= 0.6 is 0 Å². The van der Waals surface area contributed by atoms with E-state index in [1.807, 2.05) is 31.2 Å². The van der Waals surface area contributed by atoms with Crippen molar-refractivity contribution in [3.63, 3.8) is 0 Å². The molecular weight excluding hydrogens is 431 g/mol. The number of likely N-dealkylation sites (N-methyl/N-ethyl adjacent to an activating group) is 1. The number of H-pyrrole nitrogens is 1. The van der Waals surface area contributed by atoms with Crippen LogP contribution in [0.4, 0.5) is 10.1 Å². The highest BCUT2D eigenvalue weighted by atomic mass is 19.1. The average molecular weight is 461 g/mol. The molecule has 3 N–H and O–H groups in total.